The second-order valence-corrected chi connectivity index (χ2v) is 7.04. The first kappa shape index (κ1) is 20.9. The first-order chi connectivity index (χ1) is 15.0. The molecule has 0 aliphatic carbocycles. The number of aliphatic hydroxyl groups excluding tert-OH is 2. The second kappa shape index (κ2) is 8.79. The molecule has 31 heavy (non-hydrogen) atoms. The molecule has 1 aliphatic rings. The Morgan fingerprint density at radius 3 is 2.77 bits per heavy atom. The van der Waals surface area contributed by atoms with E-state index in [1.807, 2.05) is 6.92 Å². The van der Waals surface area contributed by atoms with E-state index in [2.05, 4.69) is 20.3 Å². The molecule has 0 bridgehead atoms. The summed E-state index contributed by atoms with van der Waals surface area (Å²) in [6, 6.07) is 6.12. The largest absolute Gasteiger partial charge is 0.458 e. The monoisotopic (exact) mass is 430 g/mol. The smallest absolute Gasteiger partial charge is 0.320 e. The number of benzene rings is 1. The van der Waals surface area contributed by atoms with Crippen molar-refractivity contribution in [1.82, 2.24) is 19.5 Å². The maximum absolute atomic E-state index is 10.8. The summed E-state index contributed by atoms with van der Waals surface area (Å²) in [6.07, 6.45) is -0.159. The minimum Gasteiger partial charge on any atom is -0.458 e. The fraction of sp³-hybridized carbons (Fsp3) is 0.421. The van der Waals surface area contributed by atoms with Crippen molar-refractivity contribution >= 4 is 22.7 Å². The lowest BCUT2D eigenvalue weighted by Gasteiger charge is -2.14. The van der Waals surface area contributed by atoms with Crippen LogP contribution in [0.5, 0.6) is 6.01 Å². The van der Waals surface area contributed by atoms with Gasteiger partial charge in [-0.05, 0) is 24.6 Å². The Morgan fingerprint density at radius 2 is 2.13 bits per heavy atom. The summed E-state index contributed by atoms with van der Waals surface area (Å²) in [7, 11) is 0. The molecule has 4 rings (SSSR count). The van der Waals surface area contributed by atoms with Gasteiger partial charge in [-0.3, -0.25) is 14.7 Å². The molecule has 0 amide bonds. The third-order valence-corrected chi connectivity index (χ3v) is 4.95. The van der Waals surface area contributed by atoms with E-state index in [4.69, 9.17) is 9.47 Å². The lowest BCUT2D eigenvalue weighted by Crippen LogP contribution is -2.24. The molecular formula is C19H22N6O6. The highest BCUT2D eigenvalue weighted by Crippen LogP contribution is 2.32. The molecule has 2 aromatic heterocycles. The third-order valence-electron chi connectivity index (χ3n) is 4.95. The molecular weight excluding hydrogens is 408 g/mol. The Morgan fingerprint density at radius 1 is 1.35 bits per heavy atom. The number of imidazole rings is 1. The molecule has 12 heteroatoms. The van der Waals surface area contributed by atoms with E-state index in [9.17, 15) is 20.3 Å². The molecule has 1 aliphatic heterocycles. The Bertz CT molecular complexity index is 1070. The summed E-state index contributed by atoms with van der Waals surface area (Å²) in [5, 5.41) is 33.3. The normalized spacial score (nSPS) is 20.8. The van der Waals surface area contributed by atoms with Crippen LogP contribution in [-0.4, -0.2) is 60.0 Å². The summed E-state index contributed by atoms with van der Waals surface area (Å²) in [6.45, 7) is 2.36. The Balaban J connectivity index is 1.60. The van der Waals surface area contributed by atoms with Gasteiger partial charge in [0.2, 0.25) is 0 Å². The van der Waals surface area contributed by atoms with Crippen LogP contribution in [0.4, 0.5) is 11.5 Å². The number of rotatable bonds is 8. The van der Waals surface area contributed by atoms with Crippen LogP contribution < -0.4 is 10.1 Å². The van der Waals surface area contributed by atoms with Crippen molar-refractivity contribution in [2.24, 2.45) is 0 Å². The van der Waals surface area contributed by atoms with E-state index in [1.165, 1.54) is 12.1 Å². The summed E-state index contributed by atoms with van der Waals surface area (Å²) < 4.78 is 13.1. The van der Waals surface area contributed by atoms with Crippen LogP contribution in [0.15, 0.2) is 30.6 Å². The molecule has 3 aromatic rings. The van der Waals surface area contributed by atoms with Crippen LogP contribution >= 0.6 is 0 Å². The van der Waals surface area contributed by atoms with Gasteiger partial charge in [0.15, 0.2) is 17.0 Å². The van der Waals surface area contributed by atoms with Crippen molar-refractivity contribution < 1.29 is 24.6 Å². The van der Waals surface area contributed by atoms with Gasteiger partial charge in [-0.25, -0.2) is 4.98 Å². The number of nitrogens with one attached hydrogen (secondary N) is 1. The van der Waals surface area contributed by atoms with Crippen molar-refractivity contribution in [3.8, 4) is 6.01 Å². The summed E-state index contributed by atoms with van der Waals surface area (Å²) >= 11 is 0. The lowest BCUT2D eigenvalue weighted by molar-refractivity contribution is -0.384. The van der Waals surface area contributed by atoms with E-state index in [0.29, 0.717) is 23.5 Å². The Labute approximate surface area is 176 Å². The average Bonchev–Trinajstić information content (AvgIpc) is 3.35. The van der Waals surface area contributed by atoms with Gasteiger partial charge in [-0.1, -0.05) is 0 Å². The molecule has 1 unspecified atom stereocenters. The molecule has 3 heterocycles. The fourth-order valence-electron chi connectivity index (χ4n) is 3.37. The summed E-state index contributed by atoms with van der Waals surface area (Å²) in [5.74, 6) is 0.488. The van der Waals surface area contributed by atoms with Gasteiger partial charge in [0.25, 0.3) is 5.69 Å². The van der Waals surface area contributed by atoms with Crippen LogP contribution in [-0.2, 0) is 11.3 Å². The third kappa shape index (κ3) is 4.26. The number of nitrogens with zero attached hydrogens (tertiary/aromatic N) is 5. The lowest BCUT2D eigenvalue weighted by atomic mass is 10.2. The van der Waals surface area contributed by atoms with Gasteiger partial charge >= 0.3 is 6.01 Å². The molecule has 1 fully saturated rings. The molecule has 0 saturated carbocycles. The number of aliphatic hydroxyl groups is 2. The number of hydrogen-bond donors (Lipinski definition) is 3. The Hall–Kier alpha value is -3.35. The van der Waals surface area contributed by atoms with Gasteiger partial charge in [-0.15, -0.1) is 0 Å². The molecule has 0 spiro atoms. The van der Waals surface area contributed by atoms with Crippen molar-refractivity contribution in [2.45, 2.75) is 38.4 Å². The van der Waals surface area contributed by atoms with Gasteiger partial charge in [0, 0.05) is 25.1 Å². The molecule has 0 radical (unpaired) electrons. The molecule has 3 atom stereocenters. The zero-order chi connectivity index (χ0) is 22.0. The first-order valence-electron chi connectivity index (χ1n) is 9.79. The Kier molecular flexibility index (Phi) is 5.93. The highest BCUT2D eigenvalue weighted by Gasteiger charge is 2.35. The number of nitro groups is 1. The standard InChI is InChI=1S/C19H22N6O6/c1-2-20-17-16-18(24(10-21-16)15-7-13(27)14(8-26)31-15)23-19(22-17)30-9-11-3-5-12(6-4-11)25(28)29/h3-6,10,13-15,26-27H,2,7-9H2,1H3,(H,20,22,23)/t13-,14?,15+/m0/s1. The highest BCUT2D eigenvalue weighted by molar-refractivity contribution is 5.83. The SMILES string of the molecule is CCNc1nc(OCc2ccc([N+](=O)[O-])cc2)nc2c1ncn2[C@H]1C[C@H](O)C(CO)O1. The van der Waals surface area contributed by atoms with Crippen LogP contribution in [0.3, 0.4) is 0 Å². The fourth-order valence-corrected chi connectivity index (χ4v) is 3.37. The number of hydrogen-bond acceptors (Lipinski definition) is 10. The highest BCUT2D eigenvalue weighted by atomic mass is 16.6. The van der Waals surface area contributed by atoms with E-state index < -0.39 is 23.4 Å². The van der Waals surface area contributed by atoms with Crippen LogP contribution in [0.2, 0.25) is 0 Å². The quantitative estimate of drug-likeness (QED) is 0.352. The number of nitro benzene ring substituents is 1. The van der Waals surface area contributed by atoms with Crippen LogP contribution in [0.1, 0.15) is 25.1 Å². The first-order valence-corrected chi connectivity index (χ1v) is 9.79. The topological polar surface area (TPSA) is 158 Å². The van der Waals surface area contributed by atoms with E-state index in [1.54, 1.807) is 23.0 Å². The van der Waals surface area contributed by atoms with E-state index in [0.717, 1.165) is 5.56 Å². The van der Waals surface area contributed by atoms with Crippen molar-refractivity contribution in [2.75, 3.05) is 18.5 Å². The molecule has 1 saturated heterocycles. The van der Waals surface area contributed by atoms with Gasteiger partial charge in [0.05, 0.1) is 24.0 Å². The van der Waals surface area contributed by atoms with Crippen molar-refractivity contribution in [3.63, 3.8) is 0 Å². The number of anilines is 1. The number of ether oxygens (including phenoxy) is 2. The number of non-ortho nitro benzene ring substituents is 1. The number of aromatic nitrogens is 4. The molecule has 164 valence electrons. The molecule has 12 nitrogen and oxygen atoms in total. The van der Waals surface area contributed by atoms with Gasteiger partial charge in [-0.2, -0.15) is 9.97 Å². The van der Waals surface area contributed by atoms with Gasteiger partial charge < -0.3 is 25.0 Å². The van der Waals surface area contributed by atoms with E-state index >= 15 is 0 Å². The zero-order valence-corrected chi connectivity index (χ0v) is 16.7. The number of fused-ring (bicyclic) bond motifs is 1. The van der Waals surface area contributed by atoms with Crippen LogP contribution in [0.25, 0.3) is 11.2 Å². The van der Waals surface area contributed by atoms with Gasteiger partial charge in [0.1, 0.15) is 18.9 Å². The van der Waals surface area contributed by atoms with Crippen LogP contribution in [0, 0.1) is 10.1 Å². The minimum absolute atomic E-state index is 0.000289. The minimum atomic E-state index is -0.791. The molecule has 1 aromatic carbocycles. The maximum atomic E-state index is 10.8. The molecule has 3 N–H and O–H groups in total. The van der Waals surface area contributed by atoms with Crippen molar-refractivity contribution in [3.05, 3.63) is 46.3 Å². The average molecular weight is 430 g/mol. The zero-order valence-electron chi connectivity index (χ0n) is 16.7. The summed E-state index contributed by atoms with van der Waals surface area (Å²) in [4.78, 5) is 23.5. The second-order valence-electron chi connectivity index (χ2n) is 7.04. The van der Waals surface area contributed by atoms with Crippen molar-refractivity contribution in [1.29, 1.82) is 0 Å². The van der Waals surface area contributed by atoms with E-state index in [-0.39, 0.29) is 31.3 Å². The summed E-state index contributed by atoms with van der Waals surface area (Å²) in [5.41, 5.74) is 1.70. The maximum Gasteiger partial charge on any atom is 0.320 e. The predicted molar refractivity (Wildman–Crippen MR) is 109 cm³/mol. The predicted octanol–water partition coefficient (Wildman–Crippen LogP) is 1.39.